The van der Waals surface area contributed by atoms with Crippen molar-refractivity contribution >= 4 is 17.7 Å². The molecule has 0 aromatic heterocycles. The predicted molar refractivity (Wildman–Crippen MR) is 126 cm³/mol. The maximum absolute atomic E-state index is 15.0. The Kier molecular flexibility index (Phi) is 7.58. The van der Waals surface area contributed by atoms with Crippen molar-refractivity contribution in [3.05, 3.63) is 65.0 Å². The fourth-order valence-electron chi connectivity index (χ4n) is 4.28. The van der Waals surface area contributed by atoms with Crippen molar-refractivity contribution in [2.75, 3.05) is 50.8 Å². The number of carbonyl (C=O) groups is 2. The van der Waals surface area contributed by atoms with E-state index in [2.05, 4.69) is 20.0 Å². The summed E-state index contributed by atoms with van der Waals surface area (Å²) in [6.07, 6.45) is -1.13. The van der Waals surface area contributed by atoms with Gasteiger partial charge >= 0.3 is 6.09 Å². The van der Waals surface area contributed by atoms with Crippen LogP contribution in [-0.2, 0) is 16.1 Å². The van der Waals surface area contributed by atoms with Gasteiger partial charge in [-0.05, 0) is 29.8 Å². The normalized spacial score (nSPS) is 18.9. The standard InChI is InChI=1S/C25H27F2N5O3/c1-17(33)29-13-21-15-32(25(34)35-21)20-5-6-22(24(27)12-20)18-3-4-19(23(26)11-18)14-30-7-9-31(10-8-30)16-28-2/h3-6,11-12,21H,7-10,13-16H2,1H3,(H,29,33)/t21-/m0/s1. The SMILES string of the molecule is [C-]#[N+]CN1CCN(Cc2ccc(-c3ccc(N4C[C@H](CNC(C)=O)OC4=O)cc3F)cc2F)CC1. The minimum Gasteiger partial charge on any atom is -0.442 e. The van der Waals surface area contributed by atoms with E-state index < -0.39 is 23.8 Å². The summed E-state index contributed by atoms with van der Waals surface area (Å²) in [5.74, 6) is -1.21. The molecule has 1 N–H and O–H groups in total. The maximum Gasteiger partial charge on any atom is 0.414 e. The van der Waals surface area contributed by atoms with E-state index >= 15 is 0 Å². The first-order chi connectivity index (χ1) is 16.8. The highest BCUT2D eigenvalue weighted by atomic mass is 19.1. The quantitative estimate of drug-likeness (QED) is 0.613. The van der Waals surface area contributed by atoms with Crippen LogP contribution in [0.15, 0.2) is 36.4 Å². The summed E-state index contributed by atoms with van der Waals surface area (Å²) in [7, 11) is 0. The van der Waals surface area contributed by atoms with Crippen LogP contribution in [0.5, 0.6) is 0 Å². The molecule has 0 saturated carbocycles. The molecular formula is C25H27F2N5O3. The number of nitrogens with zero attached hydrogens (tertiary/aromatic N) is 4. The van der Waals surface area contributed by atoms with Gasteiger partial charge in [0, 0.05) is 50.8 Å². The van der Waals surface area contributed by atoms with Crippen LogP contribution in [0.3, 0.4) is 0 Å². The van der Waals surface area contributed by atoms with Gasteiger partial charge < -0.3 is 10.1 Å². The molecule has 2 aromatic carbocycles. The monoisotopic (exact) mass is 483 g/mol. The summed E-state index contributed by atoms with van der Waals surface area (Å²) in [5, 5.41) is 2.60. The van der Waals surface area contributed by atoms with Crippen LogP contribution in [0.25, 0.3) is 16.0 Å². The van der Waals surface area contributed by atoms with E-state index in [0.717, 1.165) is 26.2 Å². The van der Waals surface area contributed by atoms with Crippen LogP contribution in [0.4, 0.5) is 19.3 Å². The highest BCUT2D eigenvalue weighted by Gasteiger charge is 2.32. The summed E-state index contributed by atoms with van der Waals surface area (Å²) in [6.45, 7) is 12.6. The molecule has 10 heteroatoms. The van der Waals surface area contributed by atoms with Gasteiger partial charge in [0.25, 0.3) is 6.67 Å². The zero-order valence-electron chi connectivity index (χ0n) is 19.5. The van der Waals surface area contributed by atoms with Crippen LogP contribution in [0.2, 0.25) is 0 Å². The molecule has 2 aromatic rings. The number of halogens is 2. The molecule has 184 valence electrons. The molecule has 0 spiro atoms. The Morgan fingerprint density at radius 1 is 1.11 bits per heavy atom. The van der Waals surface area contributed by atoms with Crippen molar-refractivity contribution < 1.29 is 23.1 Å². The second-order valence-electron chi connectivity index (χ2n) is 8.72. The van der Waals surface area contributed by atoms with Gasteiger partial charge in [0.2, 0.25) is 5.91 Å². The van der Waals surface area contributed by atoms with E-state index in [0.29, 0.717) is 30.0 Å². The number of anilines is 1. The summed E-state index contributed by atoms with van der Waals surface area (Å²) >= 11 is 0. The first-order valence-corrected chi connectivity index (χ1v) is 11.4. The molecule has 0 radical (unpaired) electrons. The van der Waals surface area contributed by atoms with E-state index in [9.17, 15) is 18.4 Å². The van der Waals surface area contributed by atoms with Gasteiger partial charge in [-0.2, -0.15) is 0 Å². The van der Waals surface area contributed by atoms with Crippen LogP contribution >= 0.6 is 0 Å². The number of rotatable bonds is 7. The van der Waals surface area contributed by atoms with Gasteiger partial charge in [-0.15, -0.1) is 0 Å². The zero-order chi connectivity index (χ0) is 24.9. The molecule has 2 saturated heterocycles. The first-order valence-electron chi connectivity index (χ1n) is 11.4. The average Bonchev–Trinajstić information content (AvgIpc) is 3.21. The molecule has 1 atom stereocenters. The van der Waals surface area contributed by atoms with Crippen molar-refractivity contribution in [2.24, 2.45) is 0 Å². The molecule has 0 aliphatic carbocycles. The molecule has 2 amide bonds. The second-order valence-corrected chi connectivity index (χ2v) is 8.72. The van der Waals surface area contributed by atoms with Gasteiger partial charge in [0.15, 0.2) is 0 Å². The molecule has 2 aliphatic rings. The lowest BCUT2D eigenvalue weighted by Crippen LogP contribution is -2.45. The smallest absolute Gasteiger partial charge is 0.414 e. The fraction of sp³-hybridized carbons (Fsp3) is 0.400. The average molecular weight is 484 g/mol. The molecular weight excluding hydrogens is 456 g/mol. The minimum atomic E-state index is -0.613. The Labute approximate surface area is 202 Å². The van der Waals surface area contributed by atoms with E-state index in [1.54, 1.807) is 18.2 Å². The van der Waals surface area contributed by atoms with Crippen LogP contribution in [0.1, 0.15) is 12.5 Å². The number of amides is 2. The number of hydrogen-bond acceptors (Lipinski definition) is 5. The fourth-order valence-corrected chi connectivity index (χ4v) is 4.28. The Balaban J connectivity index is 1.41. The van der Waals surface area contributed by atoms with Gasteiger partial charge in [-0.1, -0.05) is 12.1 Å². The third kappa shape index (κ3) is 5.93. The number of nitrogens with one attached hydrogen (secondary N) is 1. The second kappa shape index (κ2) is 10.8. The number of benzene rings is 2. The highest BCUT2D eigenvalue weighted by molar-refractivity contribution is 5.90. The van der Waals surface area contributed by atoms with Gasteiger partial charge in [0.1, 0.15) is 17.7 Å². The molecule has 4 rings (SSSR count). The van der Waals surface area contributed by atoms with Crippen molar-refractivity contribution in [3.63, 3.8) is 0 Å². The number of cyclic esters (lactones) is 1. The lowest BCUT2D eigenvalue weighted by molar-refractivity contribution is -0.119. The molecule has 0 unspecified atom stereocenters. The number of ether oxygens (including phenoxy) is 1. The van der Waals surface area contributed by atoms with Crippen molar-refractivity contribution in [3.8, 4) is 11.1 Å². The molecule has 2 aliphatic heterocycles. The lowest BCUT2D eigenvalue weighted by atomic mass is 10.0. The van der Waals surface area contributed by atoms with Gasteiger partial charge in [-0.3, -0.25) is 19.4 Å². The molecule has 0 bridgehead atoms. The van der Waals surface area contributed by atoms with E-state index in [4.69, 9.17) is 11.3 Å². The molecule has 8 nitrogen and oxygen atoms in total. The first kappa shape index (κ1) is 24.6. The van der Waals surface area contributed by atoms with Crippen molar-refractivity contribution in [2.45, 2.75) is 19.6 Å². The summed E-state index contributed by atoms with van der Waals surface area (Å²) in [4.78, 5) is 32.2. The lowest BCUT2D eigenvalue weighted by Gasteiger charge is -2.32. The Bertz CT molecular complexity index is 1140. The van der Waals surface area contributed by atoms with Crippen LogP contribution in [0, 0.1) is 18.2 Å². The van der Waals surface area contributed by atoms with Crippen molar-refractivity contribution in [1.82, 2.24) is 15.1 Å². The van der Waals surface area contributed by atoms with Gasteiger partial charge in [0.05, 0.1) is 18.8 Å². The van der Waals surface area contributed by atoms with Crippen molar-refractivity contribution in [1.29, 1.82) is 0 Å². The van der Waals surface area contributed by atoms with E-state index in [1.165, 1.54) is 30.0 Å². The van der Waals surface area contributed by atoms with Crippen LogP contribution < -0.4 is 10.2 Å². The Morgan fingerprint density at radius 2 is 1.86 bits per heavy atom. The van der Waals surface area contributed by atoms with E-state index in [-0.39, 0.29) is 24.6 Å². The Morgan fingerprint density at radius 3 is 2.51 bits per heavy atom. The highest BCUT2D eigenvalue weighted by Crippen LogP contribution is 2.30. The zero-order valence-corrected chi connectivity index (χ0v) is 19.5. The summed E-state index contributed by atoms with van der Waals surface area (Å²) < 4.78 is 35.1. The third-order valence-electron chi connectivity index (χ3n) is 6.21. The Hall–Kier alpha value is -3.55. The number of hydrogen-bond donors (Lipinski definition) is 1. The molecule has 2 heterocycles. The summed E-state index contributed by atoms with van der Waals surface area (Å²) in [5.41, 5.74) is 1.50. The van der Waals surface area contributed by atoms with E-state index in [1.807, 2.05) is 0 Å². The topological polar surface area (TPSA) is 69.5 Å². The summed E-state index contributed by atoms with van der Waals surface area (Å²) in [6, 6.07) is 9.04. The number of piperazine rings is 1. The maximum atomic E-state index is 15.0. The number of carbonyl (C=O) groups excluding carboxylic acids is 2. The minimum absolute atomic E-state index is 0.181. The van der Waals surface area contributed by atoms with Crippen LogP contribution in [-0.4, -0.2) is 73.8 Å². The molecule has 35 heavy (non-hydrogen) atoms. The molecule has 2 fully saturated rings. The predicted octanol–water partition coefficient (Wildman–Crippen LogP) is 3.09. The third-order valence-corrected chi connectivity index (χ3v) is 6.21. The largest absolute Gasteiger partial charge is 0.442 e. The van der Waals surface area contributed by atoms with Gasteiger partial charge in [-0.25, -0.2) is 25.0 Å².